The van der Waals surface area contributed by atoms with Crippen LogP contribution < -0.4 is 10.0 Å². The van der Waals surface area contributed by atoms with Crippen molar-refractivity contribution in [2.24, 2.45) is 5.92 Å². The van der Waals surface area contributed by atoms with E-state index in [1.165, 1.54) is 18.6 Å². The van der Waals surface area contributed by atoms with Crippen LogP contribution in [0.3, 0.4) is 0 Å². The summed E-state index contributed by atoms with van der Waals surface area (Å²) in [6.45, 7) is 9.75. The first kappa shape index (κ1) is 20.3. The predicted octanol–water partition coefficient (Wildman–Crippen LogP) is 2.04. The highest BCUT2D eigenvalue weighted by Gasteiger charge is 2.37. The minimum Gasteiger partial charge on any atom is -0.619 e. The van der Waals surface area contributed by atoms with Crippen LogP contribution in [0.25, 0.3) is 5.82 Å². The molecule has 8 nitrogen and oxygen atoms in total. The fourth-order valence-corrected chi connectivity index (χ4v) is 3.87. The van der Waals surface area contributed by atoms with Gasteiger partial charge in [0.25, 0.3) is 5.91 Å². The molecule has 2 heterocycles. The van der Waals surface area contributed by atoms with Gasteiger partial charge in [0, 0.05) is 11.5 Å². The third-order valence-corrected chi connectivity index (χ3v) is 5.46. The van der Waals surface area contributed by atoms with Gasteiger partial charge >= 0.3 is 0 Å². The van der Waals surface area contributed by atoms with Crippen molar-refractivity contribution in [3.63, 3.8) is 0 Å². The second-order valence-corrected chi connectivity index (χ2v) is 8.66. The fraction of sp³-hybridized carbons (Fsp3) is 0.600. The van der Waals surface area contributed by atoms with Crippen LogP contribution in [-0.4, -0.2) is 37.9 Å². The van der Waals surface area contributed by atoms with E-state index in [0.29, 0.717) is 22.2 Å². The van der Waals surface area contributed by atoms with E-state index in [1.807, 2.05) is 0 Å². The zero-order valence-corrected chi connectivity index (χ0v) is 17.1. The Kier molecular flexibility index (Phi) is 5.43. The molecule has 2 atom stereocenters. The molecule has 0 saturated heterocycles. The highest BCUT2D eigenvalue weighted by atomic mass is 16.5. The number of amides is 1. The molecule has 0 spiro atoms. The zero-order valence-electron chi connectivity index (χ0n) is 17.1. The fourth-order valence-electron chi connectivity index (χ4n) is 3.87. The molecule has 2 N–H and O–H groups in total. The van der Waals surface area contributed by atoms with E-state index < -0.39 is 5.54 Å². The lowest BCUT2D eigenvalue weighted by molar-refractivity contribution is -0.605. The Morgan fingerprint density at radius 2 is 2.18 bits per heavy atom. The molecule has 8 heteroatoms. The van der Waals surface area contributed by atoms with Gasteiger partial charge in [0.05, 0.1) is 24.0 Å². The Morgan fingerprint density at radius 1 is 1.46 bits per heavy atom. The van der Waals surface area contributed by atoms with E-state index in [9.17, 15) is 15.1 Å². The van der Waals surface area contributed by atoms with Crippen LogP contribution in [0.2, 0.25) is 0 Å². The van der Waals surface area contributed by atoms with Gasteiger partial charge < -0.3 is 15.6 Å². The molecule has 0 aromatic carbocycles. The Hall–Kier alpha value is -2.48. The summed E-state index contributed by atoms with van der Waals surface area (Å²) in [4.78, 5) is 17.3. The van der Waals surface area contributed by atoms with Crippen LogP contribution in [0.1, 0.15) is 81.0 Å². The maximum absolute atomic E-state index is 13.0. The predicted molar refractivity (Wildman–Crippen MR) is 104 cm³/mol. The molecule has 0 fully saturated rings. The smallest absolute Gasteiger partial charge is 0.272 e. The van der Waals surface area contributed by atoms with Crippen molar-refractivity contribution >= 4 is 5.91 Å². The van der Waals surface area contributed by atoms with E-state index in [-0.39, 0.29) is 24.3 Å². The first-order valence-electron chi connectivity index (χ1n) is 9.76. The summed E-state index contributed by atoms with van der Waals surface area (Å²) in [5, 5.41) is 28.8. The van der Waals surface area contributed by atoms with Crippen molar-refractivity contribution in [1.29, 1.82) is 0 Å². The lowest BCUT2D eigenvalue weighted by atomic mass is 9.75. The number of aliphatic hydroxyl groups excluding tert-OH is 1. The Labute approximate surface area is 165 Å². The molecular formula is C20H29N5O3. The molecular weight excluding hydrogens is 358 g/mol. The first-order chi connectivity index (χ1) is 13.1. The van der Waals surface area contributed by atoms with E-state index in [1.54, 1.807) is 18.5 Å². The number of hydrogen-bond donors (Lipinski definition) is 2. The summed E-state index contributed by atoms with van der Waals surface area (Å²) in [5.74, 6) is 0.813. The molecule has 2 aromatic rings. The average Bonchev–Trinajstić information content (AvgIpc) is 3.03. The molecule has 0 aliphatic heterocycles. The number of hydrogen-bond acceptors (Lipinski definition) is 5. The minimum atomic E-state index is -0.758. The molecule has 1 amide bonds. The number of aliphatic hydroxyl groups is 1. The van der Waals surface area contributed by atoms with Crippen molar-refractivity contribution in [3.05, 3.63) is 40.7 Å². The second-order valence-electron chi connectivity index (χ2n) is 8.66. The number of nitrogens with one attached hydrogen (secondary N) is 1. The van der Waals surface area contributed by atoms with Gasteiger partial charge in [-0.25, -0.2) is 9.67 Å². The maximum atomic E-state index is 13.0. The van der Waals surface area contributed by atoms with Crippen molar-refractivity contribution < 1.29 is 14.6 Å². The monoisotopic (exact) mass is 387 g/mol. The molecule has 0 saturated carbocycles. The molecule has 0 radical (unpaired) electrons. The molecule has 2 aromatic heterocycles. The van der Waals surface area contributed by atoms with E-state index in [4.69, 9.17) is 0 Å². The number of rotatable bonds is 5. The average molecular weight is 387 g/mol. The third-order valence-electron chi connectivity index (χ3n) is 5.46. The summed E-state index contributed by atoms with van der Waals surface area (Å²) >= 11 is 0. The summed E-state index contributed by atoms with van der Waals surface area (Å²) in [7, 11) is 0. The summed E-state index contributed by atoms with van der Waals surface area (Å²) < 4.78 is 2.34. The Morgan fingerprint density at radius 3 is 2.79 bits per heavy atom. The Balaban J connectivity index is 2.19. The standard InChI is InChI=1S/C20H29N5O3/c1-12(2)14-7-6-13(3)16-17(19(27)22-20(4,5)11-26)23-25(18(14)16)15-10-24(28)9-8-21-15/h8-10,12-14,26H,6-7,11H2,1-5H3,(H,22,27)/t13-,14?/m1/s1. The lowest BCUT2D eigenvalue weighted by Gasteiger charge is -2.31. The van der Waals surface area contributed by atoms with Gasteiger partial charge in [0.1, 0.15) is 0 Å². The third kappa shape index (κ3) is 3.73. The molecule has 1 unspecified atom stereocenters. The van der Waals surface area contributed by atoms with E-state index in [2.05, 4.69) is 36.2 Å². The van der Waals surface area contributed by atoms with Gasteiger partial charge in [0.15, 0.2) is 11.9 Å². The Bertz CT molecular complexity index is 875. The summed E-state index contributed by atoms with van der Waals surface area (Å²) in [5.41, 5.74) is 1.46. The summed E-state index contributed by atoms with van der Waals surface area (Å²) in [6, 6.07) is 0. The van der Waals surface area contributed by atoms with E-state index >= 15 is 0 Å². The van der Waals surface area contributed by atoms with Gasteiger partial charge in [-0.15, -0.1) is 0 Å². The molecule has 3 rings (SSSR count). The van der Waals surface area contributed by atoms with Crippen LogP contribution in [-0.2, 0) is 0 Å². The van der Waals surface area contributed by atoms with Crippen LogP contribution in [0.5, 0.6) is 0 Å². The number of aromatic nitrogens is 4. The van der Waals surface area contributed by atoms with Crippen LogP contribution in [0.4, 0.5) is 0 Å². The van der Waals surface area contributed by atoms with Gasteiger partial charge in [-0.2, -0.15) is 9.83 Å². The molecule has 1 aliphatic rings. The highest BCUT2D eigenvalue weighted by molar-refractivity contribution is 5.95. The normalized spacial score (nSPS) is 19.5. The van der Waals surface area contributed by atoms with E-state index in [0.717, 1.165) is 24.1 Å². The largest absolute Gasteiger partial charge is 0.619 e. The number of fused-ring (bicyclic) bond motifs is 1. The molecule has 0 bridgehead atoms. The molecule has 28 heavy (non-hydrogen) atoms. The van der Waals surface area contributed by atoms with Crippen molar-refractivity contribution in [3.8, 4) is 5.82 Å². The molecule has 1 aliphatic carbocycles. The number of carbonyl (C=O) groups is 1. The SMILES string of the molecule is CC(C)C1CC[C@@H](C)c2c(C(=O)NC(C)(C)CO)nn(-c3c[n+]([O-])ccn3)c21. The minimum absolute atomic E-state index is 0.167. The quantitative estimate of drug-likeness (QED) is 0.603. The van der Waals surface area contributed by atoms with Gasteiger partial charge in [0.2, 0.25) is 12.0 Å². The van der Waals surface area contributed by atoms with Gasteiger partial charge in [-0.05, 0) is 38.5 Å². The topological polar surface area (TPSA) is 107 Å². The maximum Gasteiger partial charge on any atom is 0.272 e. The second kappa shape index (κ2) is 7.50. The van der Waals surface area contributed by atoms with Crippen molar-refractivity contribution in [1.82, 2.24) is 20.1 Å². The van der Waals surface area contributed by atoms with Gasteiger partial charge in [-0.1, -0.05) is 20.8 Å². The first-order valence-corrected chi connectivity index (χ1v) is 9.76. The van der Waals surface area contributed by atoms with Gasteiger partial charge in [-0.3, -0.25) is 4.79 Å². The van der Waals surface area contributed by atoms with Crippen LogP contribution >= 0.6 is 0 Å². The van der Waals surface area contributed by atoms with Crippen LogP contribution in [0, 0.1) is 11.1 Å². The number of nitrogens with zero attached hydrogens (tertiary/aromatic N) is 4. The number of carbonyl (C=O) groups excluding carboxylic acids is 1. The molecule has 152 valence electrons. The zero-order chi connectivity index (χ0) is 20.6. The van der Waals surface area contributed by atoms with Crippen molar-refractivity contribution in [2.75, 3.05) is 6.61 Å². The lowest BCUT2D eigenvalue weighted by Crippen LogP contribution is -2.46. The van der Waals surface area contributed by atoms with Crippen LogP contribution in [0.15, 0.2) is 18.6 Å². The van der Waals surface area contributed by atoms with Crippen molar-refractivity contribution in [2.45, 2.75) is 64.8 Å². The highest BCUT2D eigenvalue weighted by Crippen LogP contribution is 2.44. The summed E-state index contributed by atoms with van der Waals surface area (Å²) in [6.07, 6.45) is 6.07.